The van der Waals surface area contributed by atoms with Crippen molar-refractivity contribution in [3.63, 3.8) is 0 Å². The van der Waals surface area contributed by atoms with E-state index in [1.807, 2.05) is 27.7 Å². The van der Waals surface area contributed by atoms with Crippen molar-refractivity contribution >= 4 is 18.1 Å². The molecule has 0 aromatic heterocycles. The van der Waals surface area contributed by atoms with Crippen molar-refractivity contribution in [3.05, 3.63) is 23.1 Å². The molecule has 0 saturated carbocycles. The van der Waals surface area contributed by atoms with Crippen LogP contribution in [0.15, 0.2) is 33.3 Å². The van der Waals surface area contributed by atoms with Crippen molar-refractivity contribution in [1.29, 1.82) is 5.41 Å². The van der Waals surface area contributed by atoms with Crippen molar-refractivity contribution in [3.8, 4) is 0 Å². The molecule has 6 nitrogen and oxygen atoms in total. The summed E-state index contributed by atoms with van der Waals surface area (Å²) in [6, 6.07) is 0. The molecular formula is C15H26N4O2. The highest BCUT2D eigenvalue weighted by molar-refractivity contribution is 6.07. The van der Waals surface area contributed by atoms with Gasteiger partial charge >= 0.3 is 0 Å². The fraction of sp³-hybridized carbons (Fsp3) is 0.533. The van der Waals surface area contributed by atoms with Crippen LogP contribution in [0.2, 0.25) is 0 Å². The van der Waals surface area contributed by atoms with Crippen LogP contribution in [0.5, 0.6) is 0 Å². The molecule has 1 atom stereocenters. The van der Waals surface area contributed by atoms with Crippen LogP contribution in [0.25, 0.3) is 0 Å². The van der Waals surface area contributed by atoms with Gasteiger partial charge < -0.3 is 15.1 Å². The van der Waals surface area contributed by atoms with Gasteiger partial charge in [-0.3, -0.25) is 4.99 Å². The first-order chi connectivity index (χ1) is 9.88. The minimum absolute atomic E-state index is 0.0756. The van der Waals surface area contributed by atoms with Gasteiger partial charge in [0.05, 0.1) is 17.1 Å². The molecule has 21 heavy (non-hydrogen) atoms. The van der Waals surface area contributed by atoms with E-state index in [-0.39, 0.29) is 5.92 Å². The van der Waals surface area contributed by atoms with Crippen LogP contribution in [0.1, 0.15) is 34.6 Å². The van der Waals surface area contributed by atoms with Crippen molar-refractivity contribution in [2.45, 2.75) is 34.6 Å². The molecule has 0 spiro atoms. The van der Waals surface area contributed by atoms with Gasteiger partial charge in [-0.25, -0.2) is 0 Å². The van der Waals surface area contributed by atoms with Crippen LogP contribution in [-0.4, -0.2) is 31.8 Å². The number of oxime groups is 1. The Labute approximate surface area is 127 Å². The molecule has 0 bridgehead atoms. The van der Waals surface area contributed by atoms with Crippen molar-refractivity contribution in [2.75, 3.05) is 13.7 Å². The Bertz CT molecular complexity index is 464. The molecule has 0 aliphatic carbocycles. The third-order valence-electron chi connectivity index (χ3n) is 2.94. The Morgan fingerprint density at radius 3 is 2.48 bits per heavy atom. The lowest BCUT2D eigenvalue weighted by Crippen LogP contribution is -2.14. The number of hydrogen-bond donors (Lipinski definition) is 2. The second kappa shape index (κ2) is 9.88. The lowest BCUT2D eigenvalue weighted by molar-refractivity contribution is 0.128. The summed E-state index contributed by atoms with van der Waals surface area (Å²) in [5.74, 6) is 0.519. The average Bonchev–Trinajstić information content (AvgIpc) is 2.45. The average molecular weight is 294 g/mol. The third kappa shape index (κ3) is 6.35. The van der Waals surface area contributed by atoms with Gasteiger partial charge in [0, 0.05) is 19.0 Å². The fourth-order valence-corrected chi connectivity index (χ4v) is 1.66. The minimum atomic E-state index is -0.0756. The number of aliphatic imine (C=N–C) groups is 1. The van der Waals surface area contributed by atoms with E-state index >= 15 is 0 Å². The van der Waals surface area contributed by atoms with Gasteiger partial charge in [-0.2, -0.15) is 5.48 Å². The Hall–Kier alpha value is -1.95. The van der Waals surface area contributed by atoms with E-state index in [1.54, 1.807) is 20.0 Å². The molecule has 0 aromatic rings. The fourth-order valence-electron chi connectivity index (χ4n) is 1.66. The van der Waals surface area contributed by atoms with Gasteiger partial charge in [0.15, 0.2) is 0 Å². The summed E-state index contributed by atoms with van der Waals surface area (Å²) in [7, 11) is 1.66. The molecule has 0 amide bonds. The normalized spacial score (nSPS) is 15.1. The van der Waals surface area contributed by atoms with Gasteiger partial charge in [0.1, 0.15) is 12.4 Å². The van der Waals surface area contributed by atoms with E-state index in [4.69, 9.17) is 15.1 Å². The highest BCUT2D eigenvalue weighted by Gasteiger charge is 2.16. The number of hydroxylamine groups is 1. The van der Waals surface area contributed by atoms with Crippen LogP contribution in [0.3, 0.4) is 0 Å². The standard InChI is InChI=1S/C15H26N4O2/c1-8-20-19-13(5)11(3)15(17-6)12(4)14(16)9-10(2)21-18-7/h9,11,16,18H,6,8H2,1-5,7H3/b10-9+,15-12-,16-14?,19-13-. The van der Waals surface area contributed by atoms with Gasteiger partial charge in [-0.15, -0.1) is 0 Å². The topological polar surface area (TPSA) is 79.1 Å². The highest BCUT2D eigenvalue weighted by atomic mass is 16.6. The predicted octanol–water partition coefficient (Wildman–Crippen LogP) is 3.08. The smallest absolute Gasteiger partial charge is 0.123 e. The van der Waals surface area contributed by atoms with E-state index < -0.39 is 0 Å². The second-order valence-electron chi connectivity index (χ2n) is 4.52. The molecule has 0 saturated heterocycles. The maximum absolute atomic E-state index is 8.11. The Balaban J connectivity index is 5.33. The van der Waals surface area contributed by atoms with Crippen LogP contribution < -0.4 is 5.48 Å². The molecule has 0 aromatic carbocycles. The lowest BCUT2D eigenvalue weighted by atomic mass is 9.97. The maximum Gasteiger partial charge on any atom is 0.123 e. The number of allylic oxidation sites excluding steroid dienone is 4. The highest BCUT2D eigenvalue weighted by Crippen LogP contribution is 2.20. The van der Waals surface area contributed by atoms with Crippen molar-refractivity contribution in [2.24, 2.45) is 16.1 Å². The molecular weight excluding hydrogens is 268 g/mol. The lowest BCUT2D eigenvalue weighted by Gasteiger charge is -2.15. The van der Waals surface area contributed by atoms with E-state index in [0.29, 0.717) is 23.8 Å². The number of hydrogen-bond acceptors (Lipinski definition) is 6. The summed E-state index contributed by atoms with van der Waals surface area (Å²) >= 11 is 0. The maximum atomic E-state index is 8.11. The molecule has 0 aliphatic rings. The monoisotopic (exact) mass is 294 g/mol. The first kappa shape index (κ1) is 19.1. The molecule has 118 valence electrons. The first-order valence-electron chi connectivity index (χ1n) is 6.83. The van der Waals surface area contributed by atoms with Gasteiger partial charge in [-0.05, 0) is 40.0 Å². The Morgan fingerprint density at radius 2 is 2.00 bits per heavy atom. The Morgan fingerprint density at radius 1 is 1.38 bits per heavy atom. The van der Waals surface area contributed by atoms with Gasteiger partial charge in [0.2, 0.25) is 0 Å². The van der Waals surface area contributed by atoms with Crippen LogP contribution in [-0.2, 0) is 9.68 Å². The van der Waals surface area contributed by atoms with Crippen LogP contribution in [0.4, 0.5) is 0 Å². The quantitative estimate of drug-likeness (QED) is 0.389. The second-order valence-corrected chi connectivity index (χ2v) is 4.52. The summed E-state index contributed by atoms with van der Waals surface area (Å²) in [5.41, 5.74) is 5.11. The minimum Gasteiger partial charge on any atom is -0.414 e. The summed E-state index contributed by atoms with van der Waals surface area (Å²) in [4.78, 5) is 14.2. The SMILES string of the molecule is C=N/C(=C(/C)C(=N)/C=C(\C)ONC)C(C)/C(C)=N\OCC. The predicted molar refractivity (Wildman–Crippen MR) is 87.8 cm³/mol. The first-order valence-corrected chi connectivity index (χ1v) is 6.83. The molecule has 2 N–H and O–H groups in total. The number of nitrogens with one attached hydrogen (secondary N) is 2. The Kier molecular flexibility index (Phi) is 8.96. The molecule has 0 aliphatic heterocycles. The summed E-state index contributed by atoms with van der Waals surface area (Å²) in [5, 5.41) is 12.1. The van der Waals surface area contributed by atoms with Gasteiger partial charge in [0.25, 0.3) is 0 Å². The van der Waals surface area contributed by atoms with Gasteiger partial charge in [-0.1, -0.05) is 12.1 Å². The summed E-state index contributed by atoms with van der Waals surface area (Å²) in [6.07, 6.45) is 1.62. The van der Waals surface area contributed by atoms with Crippen molar-refractivity contribution in [1.82, 2.24) is 5.48 Å². The van der Waals surface area contributed by atoms with Crippen LogP contribution in [0, 0.1) is 11.3 Å². The number of nitrogens with zero attached hydrogens (tertiary/aromatic N) is 2. The molecule has 1 unspecified atom stereocenters. The third-order valence-corrected chi connectivity index (χ3v) is 2.94. The van der Waals surface area contributed by atoms with E-state index in [2.05, 4.69) is 22.3 Å². The van der Waals surface area contributed by atoms with Crippen molar-refractivity contribution < 1.29 is 9.68 Å². The zero-order chi connectivity index (χ0) is 16.4. The zero-order valence-corrected chi connectivity index (χ0v) is 13.8. The number of rotatable bonds is 9. The largest absolute Gasteiger partial charge is 0.414 e. The molecule has 0 radical (unpaired) electrons. The summed E-state index contributed by atoms with van der Waals surface area (Å²) in [6.45, 7) is 13.4. The van der Waals surface area contributed by atoms with E-state index in [9.17, 15) is 0 Å². The van der Waals surface area contributed by atoms with Crippen LogP contribution >= 0.6 is 0 Å². The summed E-state index contributed by atoms with van der Waals surface area (Å²) < 4.78 is 0. The van der Waals surface area contributed by atoms with E-state index in [0.717, 1.165) is 11.3 Å². The molecule has 0 heterocycles. The molecule has 6 heteroatoms. The molecule has 0 rings (SSSR count). The van der Waals surface area contributed by atoms with E-state index in [1.165, 1.54) is 0 Å². The molecule has 0 fully saturated rings. The zero-order valence-electron chi connectivity index (χ0n) is 13.8.